The van der Waals surface area contributed by atoms with Gasteiger partial charge in [0.05, 0.1) is 10.9 Å². The van der Waals surface area contributed by atoms with Crippen LogP contribution in [-0.2, 0) is 0 Å². The van der Waals surface area contributed by atoms with E-state index >= 15 is 0 Å². The van der Waals surface area contributed by atoms with Crippen molar-refractivity contribution in [1.82, 2.24) is 9.97 Å². The molecule has 1 aliphatic heterocycles. The molecule has 1 amide bonds. The summed E-state index contributed by atoms with van der Waals surface area (Å²) in [7, 11) is 0. The molecule has 0 bridgehead atoms. The number of anilines is 2. The average Bonchev–Trinajstić information content (AvgIpc) is 3.04. The predicted octanol–water partition coefficient (Wildman–Crippen LogP) is 5.61. The van der Waals surface area contributed by atoms with E-state index in [1.807, 2.05) is 25.1 Å². The molecule has 4 rings (SSSR count). The van der Waals surface area contributed by atoms with Crippen molar-refractivity contribution in [3.63, 3.8) is 0 Å². The van der Waals surface area contributed by atoms with Crippen molar-refractivity contribution in [3.05, 3.63) is 46.6 Å². The van der Waals surface area contributed by atoms with Gasteiger partial charge in [-0.2, -0.15) is 0 Å². The van der Waals surface area contributed by atoms with E-state index < -0.39 is 0 Å². The number of piperidine rings is 1. The quantitative estimate of drug-likeness (QED) is 0.609. The molecule has 5 nitrogen and oxygen atoms in total. The van der Waals surface area contributed by atoms with Gasteiger partial charge in [0.25, 0.3) is 5.91 Å². The Balaban J connectivity index is 1.76. The monoisotopic (exact) mass is 408 g/mol. The number of aromatic nitrogens is 2. The van der Waals surface area contributed by atoms with E-state index in [1.54, 1.807) is 17.7 Å². The number of aryl methyl sites for hydroxylation is 1. The molecule has 3 heterocycles. The van der Waals surface area contributed by atoms with Crippen LogP contribution in [0.15, 0.2) is 30.6 Å². The number of nitrogens with one attached hydrogen (secondary N) is 1. The fraction of sp³-hybridized carbons (Fsp3) is 0.435. The topological polar surface area (TPSA) is 58.1 Å². The first-order valence-electron chi connectivity index (χ1n) is 10.3. The van der Waals surface area contributed by atoms with E-state index in [9.17, 15) is 4.79 Å². The summed E-state index contributed by atoms with van der Waals surface area (Å²) in [6.45, 7) is 10.5. The number of carbonyl (C=O) groups excluding carboxylic acids is 1. The van der Waals surface area contributed by atoms with E-state index in [2.05, 4.69) is 47.0 Å². The normalized spacial score (nSPS) is 17.1. The fourth-order valence-corrected chi connectivity index (χ4v) is 5.21. The van der Waals surface area contributed by atoms with Crippen LogP contribution in [0.5, 0.6) is 0 Å². The molecule has 1 aromatic carbocycles. The van der Waals surface area contributed by atoms with Crippen LogP contribution < -0.4 is 10.2 Å². The number of thiophene rings is 1. The maximum Gasteiger partial charge on any atom is 0.257 e. The van der Waals surface area contributed by atoms with Crippen LogP contribution in [0.4, 0.5) is 11.5 Å². The van der Waals surface area contributed by atoms with Gasteiger partial charge in [0.2, 0.25) is 0 Å². The van der Waals surface area contributed by atoms with E-state index in [-0.39, 0.29) is 5.91 Å². The third-order valence-corrected chi connectivity index (χ3v) is 6.67. The first-order chi connectivity index (χ1) is 14.0. The van der Waals surface area contributed by atoms with Gasteiger partial charge in [-0.1, -0.05) is 39.0 Å². The van der Waals surface area contributed by atoms with Gasteiger partial charge >= 0.3 is 0 Å². The van der Waals surface area contributed by atoms with Gasteiger partial charge in [-0.05, 0) is 43.2 Å². The highest BCUT2D eigenvalue weighted by Crippen LogP contribution is 2.37. The van der Waals surface area contributed by atoms with Crippen molar-refractivity contribution < 1.29 is 4.79 Å². The minimum atomic E-state index is -0.0806. The molecule has 1 N–H and O–H groups in total. The van der Waals surface area contributed by atoms with E-state index in [1.165, 1.54) is 6.42 Å². The van der Waals surface area contributed by atoms with E-state index in [4.69, 9.17) is 0 Å². The van der Waals surface area contributed by atoms with Gasteiger partial charge in [0.1, 0.15) is 17.0 Å². The van der Waals surface area contributed by atoms with Crippen LogP contribution >= 0.6 is 11.3 Å². The molecular weight excluding hydrogens is 380 g/mol. The lowest BCUT2D eigenvalue weighted by Crippen LogP contribution is -2.35. The predicted molar refractivity (Wildman–Crippen MR) is 121 cm³/mol. The third kappa shape index (κ3) is 3.86. The Morgan fingerprint density at radius 2 is 2.07 bits per heavy atom. The molecule has 0 spiro atoms. The smallest absolute Gasteiger partial charge is 0.257 e. The highest BCUT2D eigenvalue weighted by atomic mass is 32.1. The van der Waals surface area contributed by atoms with Crippen LogP contribution in [-0.4, -0.2) is 29.0 Å². The Bertz CT molecular complexity index is 1040. The van der Waals surface area contributed by atoms with Gasteiger partial charge in [-0.3, -0.25) is 4.79 Å². The van der Waals surface area contributed by atoms with Crippen molar-refractivity contribution in [2.75, 3.05) is 23.3 Å². The molecule has 6 heteroatoms. The number of carbonyl (C=O) groups is 1. The molecule has 0 aliphatic carbocycles. The zero-order chi connectivity index (χ0) is 20.5. The SMILES string of the molecule is Cc1sc2ncnc(N3CCC[C@H](C)C3)c2c1C(=O)Nc1ccccc1C(C)C. The fourth-order valence-electron chi connectivity index (χ4n) is 4.22. The molecule has 1 atom stereocenters. The summed E-state index contributed by atoms with van der Waals surface area (Å²) in [5.41, 5.74) is 2.72. The molecular formula is C23H28N4OS. The van der Waals surface area contributed by atoms with Crippen molar-refractivity contribution in [3.8, 4) is 0 Å². The lowest BCUT2D eigenvalue weighted by Gasteiger charge is -2.32. The van der Waals surface area contributed by atoms with Crippen molar-refractivity contribution in [2.24, 2.45) is 5.92 Å². The standard InChI is InChI=1S/C23H28N4OS/c1-14(2)17-9-5-6-10-18(17)26-22(28)19-16(4)29-23-20(19)21(24-13-25-23)27-11-7-8-15(3)12-27/h5-6,9-10,13-15H,7-8,11-12H2,1-4H3,(H,26,28)/t15-/m0/s1. The zero-order valence-electron chi connectivity index (χ0n) is 17.5. The van der Waals surface area contributed by atoms with Crippen LogP contribution in [0.25, 0.3) is 10.2 Å². The lowest BCUT2D eigenvalue weighted by molar-refractivity contribution is 0.102. The largest absolute Gasteiger partial charge is 0.356 e. The molecule has 152 valence electrons. The molecule has 0 unspecified atom stereocenters. The number of para-hydroxylation sites is 1. The second kappa shape index (κ2) is 8.11. The number of hydrogen-bond donors (Lipinski definition) is 1. The molecule has 1 fully saturated rings. The summed E-state index contributed by atoms with van der Waals surface area (Å²) >= 11 is 1.57. The minimum Gasteiger partial charge on any atom is -0.356 e. The molecule has 3 aromatic rings. The summed E-state index contributed by atoms with van der Waals surface area (Å²) in [5.74, 6) is 1.78. The number of amides is 1. The van der Waals surface area contributed by atoms with Crippen molar-refractivity contribution in [2.45, 2.75) is 46.5 Å². The maximum absolute atomic E-state index is 13.4. The number of benzene rings is 1. The molecule has 0 radical (unpaired) electrons. The Labute approximate surface area is 176 Å². The number of hydrogen-bond acceptors (Lipinski definition) is 5. The summed E-state index contributed by atoms with van der Waals surface area (Å²) in [6.07, 6.45) is 4.02. The maximum atomic E-state index is 13.4. The number of fused-ring (bicyclic) bond motifs is 1. The van der Waals surface area contributed by atoms with Gasteiger partial charge in [-0.15, -0.1) is 11.3 Å². The second-order valence-corrected chi connectivity index (χ2v) is 9.50. The minimum absolute atomic E-state index is 0.0806. The van der Waals surface area contributed by atoms with Gasteiger partial charge in [0, 0.05) is 23.7 Å². The molecule has 0 saturated carbocycles. The Hall–Kier alpha value is -2.47. The summed E-state index contributed by atoms with van der Waals surface area (Å²) in [5, 5.41) is 4.05. The number of rotatable bonds is 4. The van der Waals surface area contributed by atoms with Crippen LogP contribution in [0.1, 0.15) is 60.3 Å². The Morgan fingerprint density at radius 3 is 2.83 bits per heavy atom. The molecule has 1 saturated heterocycles. The summed E-state index contributed by atoms with van der Waals surface area (Å²) in [4.78, 5) is 26.7. The van der Waals surface area contributed by atoms with Crippen LogP contribution in [0, 0.1) is 12.8 Å². The van der Waals surface area contributed by atoms with Crippen molar-refractivity contribution in [1.29, 1.82) is 0 Å². The lowest BCUT2D eigenvalue weighted by atomic mass is 9.99. The highest BCUT2D eigenvalue weighted by molar-refractivity contribution is 7.19. The summed E-state index contributed by atoms with van der Waals surface area (Å²) in [6, 6.07) is 8.02. The van der Waals surface area contributed by atoms with E-state index in [0.29, 0.717) is 17.4 Å². The molecule has 2 aromatic heterocycles. The van der Waals surface area contributed by atoms with E-state index in [0.717, 1.165) is 51.7 Å². The van der Waals surface area contributed by atoms with Gasteiger partial charge < -0.3 is 10.2 Å². The third-order valence-electron chi connectivity index (χ3n) is 5.66. The van der Waals surface area contributed by atoms with Gasteiger partial charge in [0.15, 0.2) is 0 Å². The number of nitrogens with zero attached hydrogens (tertiary/aromatic N) is 3. The molecule has 1 aliphatic rings. The first-order valence-corrected chi connectivity index (χ1v) is 11.2. The van der Waals surface area contributed by atoms with Gasteiger partial charge in [-0.25, -0.2) is 9.97 Å². The average molecular weight is 409 g/mol. The Kier molecular flexibility index (Phi) is 5.54. The highest BCUT2D eigenvalue weighted by Gasteiger charge is 2.26. The first kappa shape index (κ1) is 19.8. The Morgan fingerprint density at radius 1 is 1.28 bits per heavy atom. The van der Waals surface area contributed by atoms with Crippen LogP contribution in [0.3, 0.4) is 0 Å². The molecule has 29 heavy (non-hydrogen) atoms. The summed E-state index contributed by atoms with van der Waals surface area (Å²) < 4.78 is 0. The zero-order valence-corrected chi connectivity index (χ0v) is 18.3. The second-order valence-electron chi connectivity index (χ2n) is 8.30. The van der Waals surface area contributed by atoms with Crippen molar-refractivity contribution >= 4 is 39.0 Å². The van der Waals surface area contributed by atoms with Crippen LogP contribution in [0.2, 0.25) is 0 Å².